The molecule has 2 atom stereocenters. The van der Waals surface area contributed by atoms with E-state index in [4.69, 9.17) is 4.74 Å². The second kappa shape index (κ2) is 6.56. The molecule has 0 aromatic carbocycles. The third kappa shape index (κ3) is 4.81. The van der Waals surface area contributed by atoms with Gasteiger partial charge in [0.15, 0.2) is 0 Å². The summed E-state index contributed by atoms with van der Waals surface area (Å²) in [6, 6.07) is 3.76. The summed E-state index contributed by atoms with van der Waals surface area (Å²) in [5.41, 5.74) is 0.468. The fourth-order valence-corrected chi connectivity index (χ4v) is 3.65. The van der Waals surface area contributed by atoms with Gasteiger partial charge in [-0.2, -0.15) is 0 Å². The van der Waals surface area contributed by atoms with Crippen LogP contribution in [0.4, 0.5) is 4.79 Å². The fourth-order valence-electron chi connectivity index (χ4n) is 2.20. The molecule has 6 heteroatoms. The Bertz CT molecular complexity index is 513. The predicted octanol–water partition coefficient (Wildman–Crippen LogP) is 2.34. The van der Waals surface area contributed by atoms with Crippen LogP contribution in [-0.2, 0) is 21.3 Å². The van der Waals surface area contributed by atoms with Gasteiger partial charge in [-0.25, -0.2) is 4.79 Å². The Balaban J connectivity index is 1.87. The number of carbonyl (C=O) groups is 1. The van der Waals surface area contributed by atoms with Crippen LogP contribution < -0.4 is 0 Å². The number of hydrogen-bond acceptors (Lipinski definition) is 4. The number of aromatic nitrogens is 1. The van der Waals surface area contributed by atoms with Crippen LogP contribution >= 0.6 is 0 Å². The zero-order valence-corrected chi connectivity index (χ0v) is 13.6. The quantitative estimate of drug-likeness (QED) is 0.860. The number of likely N-dealkylation sites (tertiary alicyclic amines) is 1. The van der Waals surface area contributed by atoms with E-state index < -0.39 is 16.4 Å². The molecule has 21 heavy (non-hydrogen) atoms. The second-order valence-electron chi connectivity index (χ2n) is 6.22. The Labute approximate surface area is 128 Å². The van der Waals surface area contributed by atoms with Crippen molar-refractivity contribution in [2.24, 2.45) is 0 Å². The van der Waals surface area contributed by atoms with E-state index in [1.165, 1.54) is 0 Å². The summed E-state index contributed by atoms with van der Waals surface area (Å²) in [7, 11) is -0.996. The van der Waals surface area contributed by atoms with Crippen LogP contribution in [0.15, 0.2) is 24.5 Å². The maximum absolute atomic E-state index is 12.4. The first kappa shape index (κ1) is 15.9. The molecule has 116 valence electrons. The van der Waals surface area contributed by atoms with E-state index in [-0.39, 0.29) is 11.3 Å². The molecule has 1 amide bonds. The normalized spacial score (nSPS) is 20.3. The maximum atomic E-state index is 12.4. The summed E-state index contributed by atoms with van der Waals surface area (Å²) in [4.78, 5) is 17.7. The predicted molar refractivity (Wildman–Crippen MR) is 82.3 cm³/mol. The minimum Gasteiger partial charge on any atom is -0.444 e. The average molecular weight is 310 g/mol. The van der Waals surface area contributed by atoms with Gasteiger partial charge in [0, 0.05) is 36.3 Å². The van der Waals surface area contributed by atoms with Crippen LogP contribution in [0, 0.1) is 0 Å². The molecule has 1 aromatic rings. The number of ether oxygens (including phenoxy) is 1. The SMILES string of the molecule is CC(C)(C)OC(=O)N1CC[C@@H](S(=O)Cc2cccnc2)C1. The third-order valence-electron chi connectivity index (χ3n) is 3.20. The number of carbonyl (C=O) groups excluding carboxylic acids is 1. The molecule has 1 aliphatic rings. The largest absolute Gasteiger partial charge is 0.444 e. The molecule has 1 aliphatic heterocycles. The molecule has 5 nitrogen and oxygen atoms in total. The van der Waals surface area contributed by atoms with Gasteiger partial charge < -0.3 is 9.64 Å². The number of rotatable bonds is 3. The topological polar surface area (TPSA) is 59.5 Å². The first-order valence-corrected chi connectivity index (χ1v) is 8.47. The van der Waals surface area contributed by atoms with Gasteiger partial charge in [0.05, 0.1) is 11.0 Å². The van der Waals surface area contributed by atoms with E-state index in [1.807, 2.05) is 32.9 Å². The summed E-state index contributed by atoms with van der Waals surface area (Å²) in [6.45, 7) is 6.65. The van der Waals surface area contributed by atoms with Crippen molar-refractivity contribution in [2.75, 3.05) is 13.1 Å². The monoisotopic (exact) mass is 310 g/mol. The van der Waals surface area contributed by atoms with E-state index in [9.17, 15) is 9.00 Å². The van der Waals surface area contributed by atoms with Crippen LogP contribution in [0.5, 0.6) is 0 Å². The summed E-state index contributed by atoms with van der Waals surface area (Å²) >= 11 is 0. The molecule has 2 heterocycles. The van der Waals surface area contributed by atoms with Gasteiger partial charge >= 0.3 is 6.09 Å². The first-order valence-electron chi connectivity index (χ1n) is 7.09. The molecular weight excluding hydrogens is 288 g/mol. The van der Waals surface area contributed by atoms with Crippen LogP contribution in [0.1, 0.15) is 32.8 Å². The Hall–Kier alpha value is -1.43. The molecule has 2 rings (SSSR count). The Morgan fingerprint density at radius 1 is 1.52 bits per heavy atom. The molecule has 0 radical (unpaired) electrons. The fraction of sp³-hybridized carbons (Fsp3) is 0.600. The van der Waals surface area contributed by atoms with Crippen LogP contribution in [0.3, 0.4) is 0 Å². The minimum atomic E-state index is -0.996. The lowest BCUT2D eigenvalue weighted by Gasteiger charge is -2.24. The van der Waals surface area contributed by atoms with E-state index in [1.54, 1.807) is 17.3 Å². The standard InChI is InChI=1S/C15H22N2O3S/c1-15(2,3)20-14(18)17-8-6-13(10-17)21(19)11-12-5-4-7-16-9-12/h4-5,7,9,13H,6,8,10-11H2,1-3H3/t13-,21?/m1/s1. The molecule has 1 saturated heterocycles. The van der Waals surface area contributed by atoms with Crippen molar-refractivity contribution >= 4 is 16.9 Å². The summed E-state index contributed by atoms with van der Waals surface area (Å²) < 4.78 is 17.7. The van der Waals surface area contributed by atoms with Crippen LogP contribution in [0.25, 0.3) is 0 Å². The number of amides is 1. The summed E-state index contributed by atoms with van der Waals surface area (Å²) in [6.07, 6.45) is 3.87. The lowest BCUT2D eigenvalue weighted by molar-refractivity contribution is 0.0295. The molecule has 1 unspecified atom stereocenters. The molecule has 0 aliphatic carbocycles. The average Bonchev–Trinajstić information content (AvgIpc) is 2.87. The number of pyridine rings is 1. The van der Waals surface area contributed by atoms with Crippen molar-refractivity contribution in [2.45, 2.75) is 43.8 Å². The van der Waals surface area contributed by atoms with Crippen molar-refractivity contribution < 1.29 is 13.7 Å². The lowest BCUT2D eigenvalue weighted by Crippen LogP contribution is -2.36. The Kier molecular flexibility index (Phi) is 4.98. The van der Waals surface area contributed by atoms with Crippen molar-refractivity contribution in [3.63, 3.8) is 0 Å². The van der Waals surface area contributed by atoms with Crippen molar-refractivity contribution in [3.05, 3.63) is 30.1 Å². The molecule has 0 bridgehead atoms. The smallest absolute Gasteiger partial charge is 0.410 e. The van der Waals surface area contributed by atoms with Gasteiger partial charge in [-0.1, -0.05) is 6.07 Å². The first-order chi connectivity index (χ1) is 9.85. The highest BCUT2D eigenvalue weighted by Gasteiger charge is 2.32. The zero-order chi connectivity index (χ0) is 15.5. The number of hydrogen-bond donors (Lipinski definition) is 0. The zero-order valence-electron chi connectivity index (χ0n) is 12.7. The molecule has 0 spiro atoms. The summed E-state index contributed by atoms with van der Waals surface area (Å²) in [5.74, 6) is 0.487. The highest BCUT2D eigenvalue weighted by atomic mass is 32.2. The van der Waals surface area contributed by atoms with Gasteiger partial charge in [-0.15, -0.1) is 0 Å². The van der Waals surface area contributed by atoms with Crippen molar-refractivity contribution in [1.29, 1.82) is 0 Å². The van der Waals surface area contributed by atoms with Gasteiger partial charge in [0.1, 0.15) is 5.60 Å². The molecule has 1 aromatic heterocycles. The van der Waals surface area contributed by atoms with Crippen LogP contribution in [0.2, 0.25) is 0 Å². The molecule has 0 N–H and O–H groups in total. The van der Waals surface area contributed by atoms with E-state index in [0.29, 0.717) is 18.8 Å². The molecule has 0 saturated carbocycles. The Morgan fingerprint density at radius 2 is 2.29 bits per heavy atom. The maximum Gasteiger partial charge on any atom is 0.410 e. The van der Waals surface area contributed by atoms with Crippen LogP contribution in [-0.4, -0.2) is 44.1 Å². The van der Waals surface area contributed by atoms with E-state index in [0.717, 1.165) is 12.0 Å². The lowest BCUT2D eigenvalue weighted by atomic mass is 10.2. The summed E-state index contributed by atoms with van der Waals surface area (Å²) in [5, 5.41) is 0.0118. The molecular formula is C15H22N2O3S. The van der Waals surface area contributed by atoms with Crippen molar-refractivity contribution in [1.82, 2.24) is 9.88 Å². The highest BCUT2D eigenvalue weighted by molar-refractivity contribution is 7.84. The third-order valence-corrected chi connectivity index (χ3v) is 4.95. The van der Waals surface area contributed by atoms with Gasteiger partial charge in [-0.3, -0.25) is 9.19 Å². The minimum absolute atomic E-state index is 0.0118. The van der Waals surface area contributed by atoms with E-state index >= 15 is 0 Å². The van der Waals surface area contributed by atoms with Gasteiger partial charge in [0.25, 0.3) is 0 Å². The number of nitrogens with zero attached hydrogens (tertiary/aromatic N) is 2. The van der Waals surface area contributed by atoms with Gasteiger partial charge in [-0.05, 0) is 38.8 Å². The van der Waals surface area contributed by atoms with E-state index in [2.05, 4.69) is 4.98 Å². The Morgan fingerprint density at radius 3 is 2.90 bits per heavy atom. The van der Waals surface area contributed by atoms with Crippen molar-refractivity contribution in [3.8, 4) is 0 Å². The van der Waals surface area contributed by atoms with Gasteiger partial charge in [0.2, 0.25) is 0 Å². The second-order valence-corrected chi connectivity index (χ2v) is 7.94. The molecule has 1 fully saturated rings. The highest BCUT2D eigenvalue weighted by Crippen LogP contribution is 2.20.